The van der Waals surface area contributed by atoms with Crippen LogP contribution in [-0.2, 0) is 9.47 Å². The second kappa shape index (κ2) is 7.96. The Kier molecular flexibility index (Phi) is 7.74. The number of ether oxygens (including phenoxy) is 2. The van der Waals surface area contributed by atoms with E-state index in [0.717, 1.165) is 0 Å². The minimum atomic E-state index is 0.162. The standard InChI is InChI=1S/C9H20N2O2S/c1-7(12-3)5-10-9(14)11-6-8(2)13-4/h7-8H,5-6H2,1-4H3,(H2,10,11,14). The summed E-state index contributed by atoms with van der Waals surface area (Å²) in [6.07, 6.45) is 0.323. The van der Waals surface area contributed by atoms with Crippen molar-refractivity contribution in [3.8, 4) is 0 Å². The summed E-state index contributed by atoms with van der Waals surface area (Å²) in [5.41, 5.74) is 0. The molecule has 0 spiro atoms. The van der Waals surface area contributed by atoms with E-state index in [1.165, 1.54) is 0 Å². The van der Waals surface area contributed by atoms with Crippen LogP contribution in [0.15, 0.2) is 0 Å². The lowest BCUT2D eigenvalue weighted by Crippen LogP contribution is -2.42. The van der Waals surface area contributed by atoms with Crippen LogP contribution in [0.1, 0.15) is 13.8 Å². The lowest BCUT2D eigenvalue weighted by Gasteiger charge is -2.15. The van der Waals surface area contributed by atoms with Crippen molar-refractivity contribution in [1.82, 2.24) is 10.6 Å². The van der Waals surface area contributed by atoms with Crippen molar-refractivity contribution >= 4 is 17.3 Å². The SMILES string of the molecule is COC(C)CNC(=S)NCC(C)OC. The summed E-state index contributed by atoms with van der Waals surface area (Å²) in [7, 11) is 3.35. The Morgan fingerprint density at radius 3 is 1.71 bits per heavy atom. The smallest absolute Gasteiger partial charge is 0.166 e. The highest BCUT2D eigenvalue weighted by Crippen LogP contribution is 1.85. The molecule has 14 heavy (non-hydrogen) atoms. The van der Waals surface area contributed by atoms with Crippen LogP contribution < -0.4 is 10.6 Å². The number of methoxy groups -OCH3 is 2. The molecule has 0 rings (SSSR count). The molecule has 5 heteroatoms. The van der Waals surface area contributed by atoms with Crippen molar-refractivity contribution < 1.29 is 9.47 Å². The van der Waals surface area contributed by atoms with Gasteiger partial charge in [0, 0.05) is 27.3 Å². The monoisotopic (exact) mass is 220 g/mol. The molecule has 0 aromatic carbocycles. The van der Waals surface area contributed by atoms with Crippen LogP contribution >= 0.6 is 12.2 Å². The number of rotatable bonds is 6. The Hall–Kier alpha value is -0.390. The van der Waals surface area contributed by atoms with Gasteiger partial charge in [-0.15, -0.1) is 0 Å². The van der Waals surface area contributed by atoms with Gasteiger partial charge in [-0.3, -0.25) is 0 Å². The van der Waals surface area contributed by atoms with E-state index in [-0.39, 0.29) is 12.2 Å². The summed E-state index contributed by atoms with van der Waals surface area (Å²) in [4.78, 5) is 0. The molecule has 0 amide bonds. The molecule has 0 aliphatic heterocycles. The molecule has 0 heterocycles. The first kappa shape index (κ1) is 13.6. The first-order chi connectivity index (χ1) is 6.60. The van der Waals surface area contributed by atoms with Gasteiger partial charge in [-0.25, -0.2) is 0 Å². The maximum Gasteiger partial charge on any atom is 0.166 e. The largest absolute Gasteiger partial charge is 0.380 e. The molecule has 0 bridgehead atoms. The van der Waals surface area contributed by atoms with Gasteiger partial charge in [-0.1, -0.05) is 0 Å². The van der Waals surface area contributed by atoms with Crippen molar-refractivity contribution in [2.45, 2.75) is 26.1 Å². The zero-order valence-electron chi connectivity index (χ0n) is 9.29. The zero-order chi connectivity index (χ0) is 11.0. The first-order valence-electron chi connectivity index (χ1n) is 4.67. The molecule has 0 saturated heterocycles. The summed E-state index contributed by atoms with van der Waals surface area (Å²) in [6, 6.07) is 0. The highest BCUT2D eigenvalue weighted by atomic mass is 32.1. The van der Waals surface area contributed by atoms with Crippen LogP contribution in [-0.4, -0.2) is 44.6 Å². The van der Waals surface area contributed by atoms with Gasteiger partial charge in [0.25, 0.3) is 0 Å². The number of nitrogens with one attached hydrogen (secondary N) is 2. The van der Waals surface area contributed by atoms with E-state index in [1.807, 2.05) is 13.8 Å². The predicted octanol–water partition coefficient (Wildman–Crippen LogP) is 0.520. The van der Waals surface area contributed by atoms with E-state index in [9.17, 15) is 0 Å². The number of hydrogen-bond donors (Lipinski definition) is 2. The van der Waals surface area contributed by atoms with E-state index in [4.69, 9.17) is 21.7 Å². The quantitative estimate of drug-likeness (QED) is 0.639. The average Bonchev–Trinajstić information content (AvgIpc) is 2.22. The highest BCUT2D eigenvalue weighted by Gasteiger charge is 2.02. The maximum absolute atomic E-state index is 5.07. The third kappa shape index (κ3) is 7.06. The van der Waals surface area contributed by atoms with Crippen molar-refractivity contribution in [2.75, 3.05) is 27.3 Å². The van der Waals surface area contributed by atoms with Crippen molar-refractivity contribution in [2.24, 2.45) is 0 Å². The molecule has 84 valence electrons. The molecule has 2 atom stereocenters. The summed E-state index contributed by atoms with van der Waals surface area (Å²) in [6.45, 7) is 5.38. The minimum Gasteiger partial charge on any atom is -0.380 e. The molecule has 0 aromatic heterocycles. The van der Waals surface area contributed by atoms with Gasteiger partial charge in [0.1, 0.15) is 0 Å². The van der Waals surface area contributed by atoms with Crippen LogP contribution in [0, 0.1) is 0 Å². The molecular formula is C9H20N2O2S. The molecule has 0 fully saturated rings. The average molecular weight is 220 g/mol. The molecule has 4 nitrogen and oxygen atoms in total. The third-order valence-electron chi connectivity index (χ3n) is 1.90. The van der Waals surface area contributed by atoms with E-state index in [0.29, 0.717) is 18.2 Å². The van der Waals surface area contributed by atoms with Crippen LogP contribution in [0.2, 0.25) is 0 Å². The lowest BCUT2D eigenvalue weighted by atomic mass is 10.4. The minimum absolute atomic E-state index is 0.162. The number of thiocarbonyl (C=S) groups is 1. The van der Waals surface area contributed by atoms with E-state index >= 15 is 0 Å². The Bertz CT molecular complexity index is 151. The van der Waals surface area contributed by atoms with Gasteiger partial charge < -0.3 is 20.1 Å². The Balaban J connectivity index is 3.46. The van der Waals surface area contributed by atoms with Gasteiger partial charge in [-0.05, 0) is 26.1 Å². The van der Waals surface area contributed by atoms with Gasteiger partial charge >= 0.3 is 0 Å². The molecule has 2 N–H and O–H groups in total. The van der Waals surface area contributed by atoms with Crippen LogP contribution in [0.4, 0.5) is 0 Å². The second-order valence-electron chi connectivity index (χ2n) is 3.18. The topological polar surface area (TPSA) is 42.5 Å². The van der Waals surface area contributed by atoms with Gasteiger partial charge in [0.05, 0.1) is 12.2 Å². The van der Waals surface area contributed by atoms with Crippen LogP contribution in [0.5, 0.6) is 0 Å². The molecule has 0 radical (unpaired) electrons. The third-order valence-corrected chi connectivity index (χ3v) is 2.19. The Morgan fingerprint density at radius 2 is 1.43 bits per heavy atom. The fourth-order valence-corrected chi connectivity index (χ4v) is 0.869. The van der Waals surface area contributed by atoms with E-state index < -0.39 is 0 Å². The Labute approximate surface area is 91.3 Å². The van der Waals surface area contributed by atoms with E-state index in [2.05, 4.69) is 10.6 Å². The second-order valence-corrected chi connectivity index (χ2v) is 3.59. The van der Waals surface area contributed by atoms with Crippen molar-refractivity contribution in [1.29, 1.82) is 0 Å². The fourth-order valence-electron chi connectivity index (χ4n) is 0.702. The molecule has 0 aliphatic carbocycles. The maximum atomic E-state index is 5.07. The zero-order valence-corrected chi connectivity index (χ0v) is 10.1. The van der Waals surface area contributed by atoms with Gasteiger partial charge in [-0.2, -0.15) is 0 Å². The van der Waals surface area contributed by atoms with Crippen molar-refractivity contribution in [3.63, 3.8) is 0 Å². The molecule has 0 aromatic rings. The molecule has 2 unspecified atom stereocenters. The number of hydrogen-bond acceptors (Lipinski definition) is 3. The Morgan fingerprint density at radius 1 is 1.07 bits per heavy atom. The highest BCUT2D eigenvalue weighted by molar-refractivity contribution is 7.80. The van der Waals surface area contributed by atoms with Crippen LogP contribution in [0.25, 0.3) is 0 Å². The predicted molar refractivity (Wildman–Crippen MR) is 61.5 cm³/mol. The molecule has 0 aliphatic rings. The summed E-state index contributed by atoms with van der Waals surface area (Å²) in [5.74, 6) is 0. The molecule has 0 saturated carbocycles. The summed E-state index contributed by atoms with van der Waals surface area (Å²) < 4.78 is 10.1. The first-order valence-corrected chi connectivity index (χ1v) is 5.08. The molecular weight excluding hydrogens is 200 g/mol. The van der Waals surface area contributed by atoms with Crippen LogP contribution in [0.3, 0.4) is 0 Å². The fraction of sp³-hybridized carbons (Fsp3) is 0.889. The van der Waals surface area contributed by atoms with E-state index in [1.54, 1.807) is 14.2 Å². The van der Waals surface area contributed by atoms with Gasteiger partial charge in [0.15, 0.2) is 5.11 Å². The van der Waals surface area contributed by atoms with Crippen molar-refractivity contribution in [3.05, 3.63) is 0 Å². The summed E-state index contributed by atoms with van der Waals surface area (Å²) in [5, 5.41) is 6.74. The lowest BCUT2D eigenvalue weighted by molar-refractivity contribution is 0.118. The normalized spacial score (nSPS) is 14.6. The van der Waals surface area contributed by atoms with Gasteiger partial charge in [0.2, 0.25) is 0 Å². The summed E-state index contributed by atoms with van der Waals surface area (Å²) >= 11 is 5.05.